The lowest BCUT2D eigenvalue weighted by atomic mass is 10.3. The van der Waals surface area contributed by atoms with E-state index in [4.69, 9.17) is 10.7 Å². The van der Waals surface area contributed by atoms with Gasteiger partial charge in [0.25, 0.3) is 9.05 Å². The first-order valence-electron chi connectivity index (χ1n) is 3.56. The van der Waals surface area contributed by atoms with Crippen molar-refractivity contribution in [3.63, 3.8) is 0 Å². The zero-order valence-corrected chi connectivity index (χ0v) is 10.4. The second kappa shape index (κ2) is 3.35. The minimum atomic E-state index is -3.69. The molecule has 1 aromatic carbocycles. The fraction of sp³-hybridized carbons (Fsp3) is 0. The van der Waals surface area contributed by atoms with Gasteiger partial charge in [-0.3, -0.25) is 0 Å². The molecule has 4 nitrogen and oxygen atoms in total. The Hall–Kier alpha value is -0.340. The maximum absolute atomic E-state index is 11.1. The van der Waals surface area contributed by atoms with Crippen LogP contribution in [0.4, 0.5) is 0 Å². The molecule has 1 aromatic heterocycles. The van der Waals surface area contributed by atoms with Crippen LogP contribution in [0.1, 0.15) is 0 Å². The van der Waals surface area contributed by atoms with Gasteiger partial charge in [-0.2, -0.15) is 0 Å². The summed E-state index contributed by atoms with van der Waals surface area (Å²) >= 11 is 1.91. The molecule has 0 saturated carbocycles. The number of benzene rings is 1. The standard InChI is InChI=1S/C7H4ClIN2O2S/c8-14(12,13)7-2-6-5(1-4(7)9)10-3-11-6/h1-3H,(H,10,11). The molecule has 0 fully saturated rings. The molecule has 74 valence electrons. The number of imidazole rings is 1. The third-order valence-corrected chi connectivity index (χ3v) is 4.36. The molecule has 7 heteroatoms. The number of nitrogens with zero attached hydrogens (tertiary/aromatic N) is 1. The third kappa shape index (κ3) is 1.73. The molecule has 0 aliphatic rings. The van der Waals surface area contributed by atoms with Crippen molar-refractivity contribution in [1.82, 2.24) is 9.97 Å². The summed E-state index contributed by atoms with van der Waals surface area (Å²) in [7, 11) is 1.58. The van der Waals surface area contributed by atoms with E-state index in [9.17, 15) is 8.42 Å². The molecule has 0 spiro atoms. The Balaban J connectivity index is 2.84. The van der Waals surface area contributed by atoms with Gasteiger partial charge < -0.3 is 4.98 Å². The molecule has 0 aliphatic heterocycles. The highest BCUT2D eigenvalue weighted by atomic mass is 127. The number of aromatic amines is 1. The zero-order valence-electron chi connectivity index (χ0n) is 6.66. The summed E-state index contributed by atoms with van der Waals surface area (Å²) < 4.78 is 22.9. The summed E-state index contributed by atoms with van der Waals surface area (Å²) in [5.41, 5.74) is 1.38. The van der Waals surface area contributed by atoms with Gasteiger partial charge in [-0.15, -0.1) is 0 Å². The predicted octanol–water partition coefficient (Wildman–Crippen LogP) is 2.09. The van der Waals surface area contributed by atoms with Crippen molar-refractivity contribution >= 4 is 53.4 Å². The van der Waals surface area contributed by atoms with Crippen LogP contribution in [0.15, 0.2) is 23.4 Å². The molecular formula is C7H4ClIN2O2S. The SMILES string of the molecule is O=S(=O)(Cl)c1cc2[nH]cnc2cc1I. The Kier molecular flexibility index (Phi) is 2.44. The van der Waals surface area contributed by atoms with Gasteiger partial charge in [-0.1, -0.05) is 0 Å². The van der Waals surface area contributed by atoms with Gasteiger partial charge >= 0.3 is 0 Å². The first-order valence-corrected chi connectivity index (χ1v) is 6.94. The fourth-order valence-corrected chi connectivity index (χ4v) is 3.77. The highest BCUT2D eigenvalue weighted by Crippen LogP contribution is 2.25. The third-order valence-electron chi connectivity index (χ3n) is 1.74. The van der Waals surface area contributed by atoms with Crippen LogP contribution in [-0.4, -0.2) is 18.4 Å². The summed E-state index contributed by atoms with van der Waals surface area (Å²) in [5, 5.41) is 0. The minimum Gasteiger partial charge on any atom is -0.345 e. The fourth-order valence-electron chi connectivity index (χ4n) is 1.12. The summed E-state index contributed by atoms with van der Waals surface area (Å²) in [4.78, 5) is 6.93. The van der Waals surface area contributed by atoms with Crippen LogP contribution in [0.3, 0.4) is 0 Å². The van der Waals surface area contributed by atoms with Crippen LogP contribution in [0, 0.1) is 3.57 Å². The predicted molar refractivity (Wildman–Crippen MR) is 61.8 cm³/mol. The molecule has 0 saturated heterocycles. The first kappa shape index (κ1) is 10.2. The van der Waals surface area contributed by atoms with E-state index >= 15 is 0 Å². The van der Waals surface area contributed by atoms with Crippen LogP contribution < -0.4 is 0 Å². The smallest absolute Gasteiger partial charge is 0.262 e. The van der Waals surface area contributed by atoms with Gasteiger partial charge in [-0.05, 0) is 34.7 Å². The van der Waals surface area contributed by atoms with Gasteiger partial charge in [0.1, 0.15) is 0 Å². The molecular weight excluding hydrogens is 339 g/mol. The van der Waals surface area contributed by atoms with Crippen molar-refractivity contribution in [2.75, 3.05) is 0 Å². The van der Waals surface area contributed by atoms with Crippen molar-refractivity contribution < 1.29 is 8.42 Å². The number of hydrogen-bond donors (Lipinski definition) is 1. The van der Waals surface area contributed by atoms with Crippen LogP contribution in [-0.2, 0) is 9.05 Å². The molecule has 1 N–H and O–H groups in total. The van der Waals surface area contributed by atoms with Crippen LogP contribution in [0.25, 0.3) is 11.0 Å². The van der Waals surface area contributed by atoms with Crippen LogP contribution >= 0.6 is 33.3 Å². The lowest BCUT2D eigenvalue weighted by Crippen LogP contribution is -1.94. The van der Waals surface area contributed by atoms with Crippen molar-refractivity contribution in [2.45, 2.75) is 4.90 Å². The normalized spacial score (nSPS) is 12.1. The average Bonchev–Trinajstić information content (AvgIpc) is 2.47. The Morgan fingerprint density at radius 3 is 2.79 bits per heavy atom. The van der Waals surface area contributed by atoms with Crippen molar-refractivity contribution in [2.24, 2.45) is 0 Å². The molecule has 14 heavy (non-hydrogen) atoms. The highest BCUT2D eigenvalue weighted by Gasteiger charge is 2.15. The summed E-state index contributed by atoms with van der Waals surface area (Å²) in [6.45, 7) is 0. The Bertz CT molecular complexity index is 593. The van der Waals surface area contributed by atoms with Gasteiger partial charge in [0.2, 0.25) is 0 Å². The Labute approximate surface area is 98.2 Å². The molecule has 2 rings (SSSR count). The Morgan fingerprint density at radius 2 is 2.14 bits per heavy atom. The van der Waals surface area contributed by atoms with Crippen LogP contribution in [0.2, 0.25) is 0 Å². The van der Waals surface area contributed by atoms with E-state index in [0.29, 0.717) is 9.09 Å². The van der Waals surface area contributed by atoms with Crippen LogP contribution in [0.5, 0.6) is 0 Å². The van der Waals surface area contributed by atoms with Crippen molar-refractivity contribution in [1.29, 1.82) is 0 Å². The minimum absolute atomic E-state index is 0.108. The van der Waals surface area contributed by atoms with E-state index in [1.165, 1.54) is 12.4 Å². The molecule has 2 aromatic rings. The summed E-state index contributed by atoms with van der Waals surface area (Å²) in [5.74, 6) is 0. The van der Waals surface area contributed by atoms with Crippen molar-refractivity contribution in [3.05, 3.63) is 22.0 Å². The highest BCUT2D eigenvalue weighted by molar-refractivity contribution is 14.1. The molecule has 1 heterocycles. The van der Waals surface area contributed by atoms with E-state index in [1.807, 2.05) is 22.6 Å². The van der Waals surface area contributed by atoms with E-state index in [1.54, 1.807) is 6.07 Å². The molecule has 0 radical (unpaired) electrons. The number of H-pyrrole nitrogens is 1. The van der Waals surface area contributed by atoms with Gasteiger partial charge in [0.15, 0.2) is 0 Å². The number of fused-ring (bicyclic) bond motifs is 1. The zero-order chi connectivity index (χ0) is 10.3. The molecule has 0 bridgehead atoms. The quantitative estimate of drug-likeness (QED) is 0.638. The van der Waals surface area contributed by atoms with E-state index in [2.05, 4.69) is 9.97 Å². The van der Waals surface area contributed by atoms with Gasteiger partial charge in [0, 0.05) is 14.3 Å². The number of nitrogens with one attached hydrogen (secondary N) is 1. The molecule has 0 atom stereocenters. The van der Waals surface area contributed by atoms with Gasteiger partial charge in [0.05, 0.1) is 22.3 Å². The monoisotopic (exact) mass is 342 g/mol. The summed E-state index contributed by atoms with van der Waals surface area (Å²) in [6, 6.07) is 3.15. The second-order valence-corrected chi connectivity index (χ2v) is 6.34. The number of rotatable bonds is 1. The second-order valence-electron chi connectivity index (χ2n) is 2.64. The van der Waals surface area contributed by atoms with E-state index in [-0.39, 0.29) is 4.90 Å². The van der Waals surface area contributed by atoms with Gasteiger partial charge in [-0.25, -0.2) is 13.4 Å². The van der Waals surface area contributed by atoms with E-state index < -0.39 is 9.05 Å². The van der Waals surface area contributed by atoms with Crippen molar-refractivity contribution in [3.8, 4) is 0 Å². The molecule has 0 unspecified atom stereocenters. The topological polar surface area (TPSA) is 62.8 Å². The lowest BCUT2D eigenvalue weighted by Gasteiger charge is -1.99. The Morgan fingerprint density at radius 1 is 1.43 bits per heavy atom. The van der Waals surface area contributed by atoms with E-state index in [0.717, 1.165) is 5.52 Å². The maximum Gasteiger partial charge on any atom is 0.262 e. The number of hydrogen-bond acceptors (Lipinski definition) is 3. The number of aromatic nitrogens is 2. The largest absolute Gasteiger partial charge is 0.345 e. The average molecular weight is 343 g/mol. The molecule has 0 aliphatic carbocycles. The summed E-state index contributed by atoms with van der Waals surface area (Å²) in [6.07, 6.45) is 1.51. The first-order chi connectivity index (χ1) is 6.48. The maximum atomic E-state index is 11.1. The number of halogens is 2. The lowest BCUT2D eigenvalue weighted by molar-refractivity contribution is 0.609. The molecule has 0 amide bonds.